The highest BCUT2D eigenvalue weighted by Crippen LogP contribution is 2.36. The molecule has 1 amide bonds. The predicted octanol–water partition coefficient (Wildman–Crippen LogP) is 2.52. The molecular weight excluding hydrogens is 350 g/mol. The minimum Gasteiger partial charge on any atom is -0.460 e. The number of benzene rings is 1. The van der Waals surface area contributed by atoms with Gasteiger partial charge in [0.2, 0.25) is 5.91 Å². The monoisotopic (exact) mass is 367 g/mol. The summed E-state index contributed by atoms with van der Waals surface area (Å²) in [6.45, 7) is 2.24. The van der Waals surface area contributed by atoms with Crippen LogP contribution in [0.15, 0.2) is 40.0 Å². The third-order valence-corrected chi connectivity index (χ3v) is 4.21. The maximum Gasteiger partial charge on any atom is 0.336 e. The number of amides is 1. The van der Waals surface area contributed by atoms with Crippen molar-refractivity contribution in [2.24, 2.45) is 0 Å². The molecule has 1 aliphatic heterocycles. The number of rotatable bonds is 5. The highest BCUT2D eigenvalue weighted by Gasteiger charge is 2.33. The summed E-state index contributed by atoms with van der Waals surface area (Å²) >= 11 is 3.49. The lowest BCUT2D eigenvalue weighted by molar-refractivity contribution is -0.140. The first-order valence-electron chi connectivity index (χ1n) is 6.95. The Balaban J connectivity index is 2.33. The number of carbonyl (C=O) groups excluding carboxylic acids is 2. The van der Waals surface area contributed by atoms with Gasteiger partial charge in [-0.15, -0.1) is 0 Å². The highest BCUT2D eigenvalue weighted by atomic mass is 79.9. The van der Waals surface area contributed by atoms with Crippen LogP contribution in [0, 0.1) is 0 Å². The minimum absolute atomic E-state index is 0.105. The molecule has 1 aromatic carbocycles. The average Bonchev–Trinajstić information content (AvgIpc) is 2.47. The summed E-state index contributed by atoms with van der Waals surface area (Å²) in [7, 11) is 1.54. The van der Waals surface area contributed by atoms with E-state index in [1.807, 2.05) is 24.3 Å². The van der Waals surface area contributed by atoms with Gasteiger partial charge < -0.3 is 14.8 Å². The Morgan fingerprint density at radius 2 is 2.09 bits per heavy atom. The van der Waals surface area contributed by atoms with Gasteiger partial charge in [-0.3, -0.25) is 4.79 Å². The number of hydrogen-bond donors (Lipinski definition) is 1. The molecule has 1 atom stereocenters. The normalized spacial score (nSPS) is 18.1. The van der Waals surface area contributed by atoms with Gasteiger partial charge in [0.1, 0.15) is 6.61 Å². The van der Waals surface area contributed by atoms with Crippen LogP contribution in [0.3, 0.4) is 0 Å². The zero-order valence-electron chi connectivity index (χ0n) is 12.5. The fourth-order valence-electron chi connectivity index (χ4n) is 2.49. The van der Waals surface area contributed by atoms with Gasteiger partial charge in [-0.1, -0.05) is 34.1 Å². The molecular formula is C16H18BrNO4. The fraction of sp³-hybridized carbons (Fsp3) is 0.375. The minimum atomic E-state index is -0.421. The van der Waals surface area contributed by atoms with Crippen molar-refractivity contribution in [2.75, 3.05) is 20.3 Å². The Labute approximate surface area is 137 Å². The van der Waals surface area contributed by atoms with Crippen molar-refractivity contribution in [1.82, 2.24) is 5.32 Å². The van der Waals surface area contributed by atoms with E-state index in [1.54, 1.807) is 14.0 Å². The van der Waals surface area contributed by atoms with Crippen molar-refractivity contribution in [1.29, 1.82) is 0 Å². The van der Waals surface area contributed by atoms with E-state index in [-0.39, 0.29) is 24.9 Å². The van der Waals surface area contributed by atoms with E-state index < -0.39 is 5.97 Å². The molecule has 0 radical (unpaired) electrons. The Kier molecular flexibility index (Phi) is 5.74. The molecule has 1 aromatic rings. The van der Waals surface area contributed by atoms with Crippen LogP contribution in [-0.2, 0) is 19.1 Å². The molecule has 0 aromatic heterocycles. The van der Waals surface area contributed by atoms with Crippen LogP contribution >= 0.6 is 15.9 Å². The van der Waals surface area contributed by atoms with Gasteiger partial charge in [0.15, 0.2) is 0 Å². The van der Waals surface area contributed by atoms with Crippen LogP contribution in [0.4, 0.5) is 0 Å². The second kappa shape index (κ2) is 7.56. The number of hydrogen-bond acceptors (Lipinski definition) is 4. The number of halogens is 1. The summed E-state index contributed by atoms with van der Waals surface area (Å²) in [5.74, 6) is -0.846. The van der Waals surface area contributed by atoms with Crippen LogP contribution in [0.5, 0.6) is 0 Å². The molecule has 0 unspecified atom stereocenters. The van der Waals surface area contributed by atoms with Crippen molar-refractivity contribution in [3.63, 3.8) is 0 Å². The molecule has 5 nitrogen and oxygen atoms in total. The largest absolute Gasteiger partial charge is 0.460 e. The summed E-state index contributed by atoms with van der Waals surface area (Å²) in [5, 5.41) is 2.71. The third kappa shape index (κ3) is 3.75. The molecule has 0 bridgehead atoms. The first kappa shape index (κ1) is 16.7. The van der Waals surface area contributed by atoms with Crippen molar-refractivity contribution in [3.05, 3.63) is 45.6 Å². The van der Waals surface area contributed by atoms with E-state index in [0.717, 1.165) is 10.0 Å². The summed E-state index contributed by atoms with van der Waals surface area (Å²) in [4.78, 5) is 24.2. The smallest absolute Gasteiger partial charge is 0.336 e. The van der Waals surface area contributed by atoms with Crippen molar-refractivity contribution < 1.29 is 19.1 Å². The molecule has 22 heavy (non-hydrogen) atoms. The Hall–Kier alpha value is -1.66. The zero-order chi connectivity index (χ0) is 16.1. The first-order chi connectivity index (χ1) is 10.5. The van der Waals surface area contributed by atoms with Crippen LogP contribution in [-0.4, -0.2) is 32.2 Å². The van der Waals surface area contributed by atoms with Gasteiger partial charge in [-0.05, 0) is 18.6 Å². The van der Waals surface area contributed by atoms with Gasteiger partial charge in [0.05, 0.1) is 12.2 Å². The van der Waals surface area contributed by atoms with E-state index >= 15 is 0 Å². The maximum atomic E-state index is 12.4. The van der Waals surface area contributed by atoms with E-state index in [9.17, 15) is 9.59 Å². The summed E-state index contributed by atoms with van der Waals surface area (Å²) in [5.41, 5.74) is 1.93. The molecule has 118 valence electrons. The quantitative estimate of drug-likeness (QED) is 0.641. The van der Waals surface area contributed by atoms with Crippen LogP contribution in [0.1, 0.15) is 24.8 Å². The number of nitrogens with one attached hydrogen (secondary N) is 1. The van der Waals surface area contributed by atoms with Crippen LogP contribution in [0.25, 0.3) is 0 Å². The maximum absolute atomic E-state index is 12.4. The van der Waals surface area contributed by atoms with Gasteiger partial charge in [0.25, 0.3) is 0 Å². The van der Waals surface area contributed by atoms with E-state index in [0.29, 0.717) is 17.9 Å². The number of methoxy groups -OCH3 is 1. The molecule has 0 saturated heterocycles. The summed E-state index contributed by atoms with van der Waals surface area (Å²) in [6.07, 6.45) is 0.217. The third-order valence-electron chi connectivity index (χ3n) is 3.49. The molecule has 1 N–H and O–H groups in total. The van der Waals surface area contributed by atoms with E-state index in [2.05, 4.69) is 21.2 Å². The molecule has 0 aliphatic carbocycles. The number of ether oxygens (including phenoxy) is 2. The number of allylic oxidation sites excluding steroid dienone is 1. The van der Waals surface area contributed by atoms with Gasteiger partial charge >= 0.3 is 5.97 Å². The Bertz CT molecular complexity index is 612. The average molecular weight is 368 g/mol. The molecule has 6 heteroatoms. The molecule has 2 rings (SSSR count). The number of esters is 1. The molecule has 1 heterocycles. The lowest BCUT2D eigenvalue weighted by Gasteiger charge is -2.27. The van der Waals surface area contributed by atoms with Crippen molar-refractivity contribution >= 4 is 27.8 Å². The first-order valence-corrected chi connectivity index (χ1v) is 7.75. The van der Waals surface area contributed by atoms with Gasteiger partial charge in [-0.25, -0.2) is 4.79 Å². The zero-order valence-corrected chi connectivity index (χ0v) is 14.1. The van der Waals surface area contributed by atoms with E-state index in [4.69, 9.17) is 9.47 Å². The van der Waals surface area contributed by atoms with Gasteiger partial charge in [-0.2, -0.15) is 0 Å². The topological polar surface area (TPSA) is 64.6 Å². The Morgan fingerprint density at radius 3 is 2.77 bits per heavy atom. The second-order valence-corrected chi connectivity index (χ2v) is 5.85. The standard InChI is InChI=1S/C16H18BrNO4/c1-10-15(16(20)22-8-7-21-2)12(9-14(19)18-10)11-5-3-4-6-13(11)17/h3-6,12H,7-9H2,1-2H3,(H,18,19)/t12-/m0/s1. The number of carbonyl (C=O) groups is 2. The lowest BCUT2D eigenvalue weighted by atomic mass is 9.84. The van der Waals surface area contributed by atoms with Gasteiger partial charge in [0, 0.05) is 29.6 Å². The summed E-state index contributed by atoms with van der Waals surface area (Å²) < 4.78 is 11.0. The fourth-order valence-corrected chi connectivity index (χ4v) is 3.05. The molecule has 0 saturated carbocycles. The highest BCUT2D eigenvalue weighted by molar-refractivity contribution is 9.10. The van der Waals surface area contributed by atoms with Crippen LogP contribution < -0.4 is 5.32 Å². The second-order valence-electron chi connectivity index (χ2n) is 4.99. The lowest BCUT2D eigenvalue weighted by Crippen LogP contribution is -2.34. The molecule has 0 fully saturated rings. The van der Waals surface area contributed by atoms with Crippen molar-refractivity contribution in [3.8, 4) is 0 Å². The SMILES string of the molecule is COCCOC(=O)C1=C(C)NC(=O)C[C@H]1c1ccccc1Br. The predicted molar refractivity (Wildman–Crippen MR) is 85.2 cm³/mol. The molecule has 1 aliphatic rings. The van der Waals surface area contributed by atoms with Crippen LogP contribution in [0.2, 0.25) is 0 Å². The molecule has 0 spiro atoms. The Morgan fingerprint density at radius 1 is 1.36 bits per heavy atom. The van der Waals surface area contributed by atoms with Crippen molar-refractivity contribution in [2.45, 2.75) is 19.3 Å². The summed E-state index contributed by atoms with van der Waals surface area (Å²) in [6, 6.07) is 7.58. The van der Waals surface area contributed by atoms with E-state index in [1.165, 1.54) is 0 Å².